The van der Waals surface area contributed by atoms with Gasteiger partial charge in [-0.3, -0.25) is 14.9 Å². The van der Waals surface area contributed by atoms with E-state index in [1.54, 1.807) is 19.5 Å². The lowest BCUT2D eigenvalue weighted by Crippen LogP contribution is -2.52. The van der Waals surface area contributed by atoms with Gasteiger partial charge < -0.3 is 15.1 Å². The Morgan fingerprint density at radius 2 is 1.81 bits per heavy atom. The fourth-order valence-corrected chi connectivity index (χ4v) is 4.41. The third-order valence-corrected chi connectivity index (χ3v) is 6.01. The molecule has 2 heterocycles. The Morgan fingerprint density at radius 3 is 2.35 bits per heavy atom. The number of halogens is 2. The van der Waals surface area contributed by atoms with Crippen LogP contribution < -0.4 is 20.9 Å². The highest BCUT2D eigenvalue weighted by Crippen LogP contribution is 2.34. The number of methoxy groups -OCH3 is 1. The molecule has 0 bridgehead atoms. The molecule has 0 saturated carbocycles. The van der Waals surface area contributed by atoms with Crippen molar-refractivity contribution in [3.8, 4) is 5.75 Å². The molecule has 1 aromatic heterocycles. The number of anilines is 1. The zero-order valence-electron chi connectivity index (χ0n) is 18.0. The van der Waals surface area contributed by atoms with Crippen LogP contribution in [0.3, 0.4) is 0 Å². The first-order chi connectivity index (χ1) is 15.1. The first-order valence-electron chi connectivity index (χ1n) is 10.5. The summed E-state index contributed by atoms with van der Waals surface area (Å²) in [6.07, 6.45) is 5.37. The van der Waals surface area contributed by atoms with Crippen LogP contribution in [0.5, 0.6) is 5.75 Å². The molecule has 0 aliphatic carbocycles. The predicted molar refractivity (Wildman–Crippen MR) is 128 cm³/mol. The molecule has 1 aliphatic heterocycles. The van der Waals surface area contributed by atoms with Gasteiger partial charge in [-0.2, -0.15) is 0 Å². The zero-order valence-corrected chi connectivity index (χ0v) is 19.5. The van der Waals surface area contributed by atoms with Crippen molar-refractivity contribution in [3.63, 3.8) is 0 Å². The maximum absolute atomic E-state index is 6.37. The van der Waals surface area contributed by atoms with E-state index >= 15 is 0 Å². The third kappa shape index (κ3) is 5.80. The van der Waals surface area contributed by atoms with Gasteiger partial charge in [0, 0.05) is 45.1 Å². The average Bonchev–Trinajstić information content (AvgIpc) is 2.79. The van der Waals surface area contributed by atoms with Crippen molar-refractivity contribution >= 4 is 34.7 Å². The second-order valence-corrected chi connectivity index (χ2v) is 8.23. The van der Waals surface area contributed by atoms with E-state index in [-0.39, 0.29) is 6.04 Å². The van der Waals surface area contributed by atoms with Gasteiger partial charge in [-0.15, -0.1) is 0 Å². The molecular weight excluding hydrogens is 435 g/mol. The quantitative estimate of drug-likeness (QED) is 0.202. The van der Waals surface area contributed by atoms with Gasteiger partial charge >= 0.3 is 0 Å². The zero-order chi connectivity index (χ0) is 22.2. The number of aromatic nitrogens is 1. The number of piperazine rings is 1. The van der Waals surface area contributed by atoms with Crippen LogP contribution in [0.25, 0.3) is 0 Å². The molecule has 1 saturated heterocycles. The smallest absolute Gasteiger partial charge is 0.133 e. The summed E-state index contributed by atoms with van der Waals surface area (Å²) in [5.74, 6) is 7.52. The van der Waals surface area contributed by atoms with Crippen LogP contribution in [-0.4, -0.2) is 55.6 Å². The fraction of sp³-hybridized carbons (Fsp3) is 0.455. The topological polar surface area (TPSA) is 79.0 Å². The summed E-state index contributed by atoms with van der Waals surface area (Å²) < 4.78 is 5.33. The second kappa shape index (κ2) is 11.5. The number of benzene rings is 1. The first kappa shape index (κ1) is 23.6. The molecule has 0 radical (unpaired) electrons. The van der Waals surface area contributed by atoms with Crippen LogP contribution in [0.4, 0.5) is 5.69 Å². The van der Waals surface area contributed by atoms with Crippen LogP contribution in [0, 0.1) is 0 Å². The molecule has 0 spiro atoms. The number of hydrogen-bond donors (Lipinski definition) is 2. The largest absolute Gasteiger partial charge is 0.497 e. The lowest BCUT2D eigenvalue weighted by Gasteiger charge is -2.41. The van der Waals surface area contributed by atoms with Gasteiger partial charge in [-0.05, 0) is 24.1 Å². The maximum Gasteiger partial charge on any atom is 0.133 e. The van der Waals surface area contributed by atoms with Crippen molar-refractivity contribution in [1.29, 1.82) is 0 Å². The third-order valence-electron chi connectivity index (χ3n) is 5.46. The molecule has 1 unspecified atom stereocenters. The maximum atomic E-state index is 6.37. The predicted octanol–water partition coefficient (Wildman–Crippen LogP) is 3.92. The molecule has 7 nitrogen and oxygen atoms in total. The van der Waals surface area contributed by atoms with Crippen LogP contribution in [-0.2, 0) is 0 Å². The van der Waals surface area contributed by atoms with Crippen LogP contribution in [0.2, 0.25) is 10.0 Å². The number of amidine groups is 1. The molecule has 0 amide bonds. The summed E-state index contributed by atoms with van der Waals surface area (Å²) in [7, 11) is 1.67. The lowest BCUT2D eigenvalue weighted by atomic mass is 10.0. The highest BCUT2D eigenvalue weighted by molar-refractivity contribution is 6.38. The molecule has 9 heteroatoms. The van der Waals surface area contributed by atoms with Gasteiger partial charge in [-0.25, -0.2) is 5.84 Å². The highest BCUT2D eigenvalue weighted by atomic mass is 35.5. The van der Waals surface area contributed by atoms with E-state index in [2.05, 4.69) is 39.3 Å². The van der Waals surface area contributed by atoms with E-state index in [0.29, 0.717) is 10.0 Å². The number of rotatable bonds is 8. The number of hydrogen-bond acceptors (Lipinski definition) is 6. The molecular formula is C22H30Cl2N6O. The summed E-state index contributed by atoms with van der Waals surface area (Å²) in [5.41, 5.74) is 4.81. The Morgan fingerprint density at radius 1 is 1.16 bits per heavy atom. The van der Waals surface area contributed by atoms with Crippen molar-refractivity contribution in [2.24, 2.45) is 10.8 Å². The van der Waals surface area contributed by atoms with Gasteiger partial charge in [0.1, 0.15) is 11.6 Å². The molecule has 168 valence electrons. The molecule has 1 atom stereocenters. The van der Waals surface area contributed by atoms with E-state index in [4.69, 9.17) is 38.8 Å². The molecule has 2 aromatic rings. The Hall–Kier alpha value is -2.06. The normalized spacial score (nSPS) is 16.3. The molecule has 1 aliphatic rings. The molecule has 3 N–H and O–H groups in total. The Bertz CT molecular complexity index is 849. The lowest BCUT2D eigenvalue weighted by molar-refractivity contribution is 0.226. The number of nitrogens with one attached hydrogen (secondary N) is 1. The average molecular weight is 465 g/mol. The molecule has 1 aromatic carbocycles. The second-order valence-electron chi connectivity index (χ2n) is 7.42. The van der Waals surface area contributed by atoms with Crippen molar-refractivity contribution in [2.45, 2.75) is 25.8 Å². The van der Waals surface area contributed by atoms with Crippen molar-refractivity contribution < 1.29 is 4.74 Å². The molecule has 31 heavy (non-hydrogen) atoms. The Labute approximate surface area is 194 Å². The summed E-state index contributed by atoms with van der Waals surface area (Å²) in [5, 5.41) is 1.14. The number of ether oxygens (including phenoxy) is 1. The van der Waals surface area contributed by atoms with Crippen LogP contribution in [0.15, 0.2) is 41.7 Å². The number of pyridine rings is 1. The molecule has 3 rings (SSSR count). The van der Waals surface area contributed by atoms with Crippen LogP contribution >= 0.6 is 23.2 Å². The Kier molecular flexibility index (Phi) is 8.78. The number of hydrazine groups is 1. The summed E-state index contributed by atoms with van der Waals surface area (Å²) in [6, 6.07) is 8.00. The SMILES string of the molecule is CCCCN=C(NN)C(c1ccc(OC)cc1)N1CCN(c2c(Cl)cncc2Cl)CC1. The van der Waals surface area contributed by atoms with E-state index in [1.807, 2.05) is 12.1 Å². The number of unbranched alkanes of at least 4 members (excludes halogenated alkanes) is 1. The number of nitrogens with two attached hydrogens (primary N) is 1. The highest BCUT2D eigenvalue weighted by Gasteiger charge is 2.30. The van der Waals surface area contributed by atoms with Gasteiger partial charge in [0.25, 0.3) is 0 Å². The van der Waals surface area contributed by atoms with Gasteiger partial charge in [0.15, 0.2) is 0 Å². The standard InChI is InChI=1S/C22H30Cl2N6O/c1-3-4-9-27-22(28-25)20(16-5-7-17(31-2)8-6-16)29-10-12-30(13-11-29)21-18(23)14-26-15-19(21)24/h5-8,14-15,20H,3-4,9-13,25H2,1-2H3,(H,27,28). The minimum absolute atomic E-state index is 0.0710. The fourth-order valence-electron chi connectivity index (χ4n) is 3.81. The summed E-state index contributed by atoms with van der Waals surface area (Å²) >= 11 is 12.7. The van der Waals surface area contributed by atoms with Gasteiger partial charge in [0.05, 0.1) is 28.9 Å². The van der Waals surface area contributed by atoms with Crippen molar-refractivity contribution in [1.82, 2.24) is 15.3 Å². The van der Waals surface area contributed by atoms with Crippen molar-refractivity contribution in [2.75, 3.05) is 44.7 Å². The van der Waals surface area contributed by atoms with Gasteiger partial charge in [0.2, 0.25) is 0 Å². The summed E-state index contributed by atoms with van der Waals surface area (Å²) in [4.78, 5) is 13.4. The van der Waals surface area contributed by atoms with E-state index in [9.17, 15) is 0 Å². The van der Waals surface area contributed by atoms with E-state index in [0.717, 1.165) is 68.4 Å². The van der Waals surface area contributed by atoms with Gasteiger partial charge in [-0.1, -0.05) is 48.7 Å². The minimum atomic E-state index is -0.0710. The van der Waals surface area contributed by atoms with Crippen molar-refractivity contribution in [3.05, 3.63) is 52.3 Å². The first-order valence-corrected chi connectivity index (χ1v) is 11.3. The minimum Gasteiger partial charge on any atom is -0.497 e. The summed E-state index contributed by atoms with van der Waals surface area (Å²) in [6.45, 7) is 6.07. The number of aliphatic imine (C=N–C) groups is 1. The van der Waals surface area contributed by atoms with E-state index < -0.39 is 0 Å². The Balaban J connectivity index is 1.83. The van der Waals surface area contributed by atoms with E-state index in [1.165, 1.54) is 0 Å². The monoisotopic (exact) mass is 464 g/mol. The molecule has 1 fully saturated rings. The number of nitrogens with zero attached hydrogens (tertiary/aromatic N) is 4. The van der Waals surface area contributed by atoms with Crippen LogP contribution in [0.1, 0.15) is 31.4 Å².